The minimum Gasteiger partial charge on any atom is -0.486 e. The van der Waals surface area contributed by atoms with E-state index in [2.05, 4.69) is 97.3 Å². The standard InChI is InChI=1S/C26H18N3O.C18H24GeN.Ir/c1-2-29-23-14-7-6-13-22(23)27-25(29)20-12-8-11-18-19-15-16-21(17-9-4-3-5-10-17)28-26(19)30-24(18)20;1-14(2)11-16-12-18(15-9-7-6-8-10-15)20-13-17(16)19(3,4)5;/h3-11,13-16H,2H2,1H3;6-9,12-14H,11H2,1-5H3;/q2*-1;. The van der Waals surface area contributed by atoms with Crippen LogP contribution in [0, 0.1) is 18.1 Å². The van der Waals surface area contributed by atoms with Crippen LogP contribution in [0.3, 0.4) is 0 Å². The summed E-state index contributed by atoms with van der Waals surface area (Å²) in [5.41, 5.74) is 9.96. The van der Waals surface area contributed by atoms with Gasteiger partial charge in [-0.2, -0.15) is 0 Å². The molecule has 0 N–H and O–H groups in total. The van der Waals surface area contributed by atoms with Crippen LogP contribution in [0.5, 0.6) is 0 Å². The molecule has 4 heterocycles. The van der Waals surface area contributed by atoms with Gasteiger partial charge in [0.15, 0.2) is 0 Å². The monoisotopic (exact) mass is 909 g/mol. The van der Waals surface area contributed by atoms with Gasteiger partial charge < -0.3 is 8.98 Å². The Labute approximate surface area is 316 Å². The van der Waals surface area contributed by atoms with Gasteiger partial charge in [0.1, 0.15) is 0 Å². The Kier molecular flexibility index (Phi) is 11.1. The molecular formula is C44H42GeIrN4O-2. The number of benzene rings is 4. The van der Waals surface area contributed by atoms with Crippen LogP contribution < -0.4 is 4.40 Å². The summed E-state index contributed by atoms with van der Waals surface area (Å²) in [5.74, 6) is 8.86. The third kappa shape index (κ3) is 7.64. The maximum absolute atomic E-state index is 6.30. The number of imidazole rings is 1. The summed E-state index contributed by atoms with van der Waals surface area (Å²) in [5, 5.41) is 2.03. The van der Waals surface area contributed by atoms with Gasteiger partial charge in [-0.25, -0.2) is 4.98 Å². The molecule has 5 nitrogen and oxygen atoms in total. The van der Waals surface area contributed by atoms with E-state index in [1.807, 2.05) is 72.8 Å². The zero-order chi connectivity index (χ0) is 34.8. The molecule has 51 heavy (non-hydrogen) atoms. The number of aromatic nitrogens is 4. The van der Waals surface area contributed by atoms with E-state index < -0.39 is 13.3 Å². The molecule has 8 rings (SSSR count). The first-order chi connectivity index (χ1) is 24.2. The molecule has 0 aliphatic heterocycles. The first kappa shape index (κ1) is 36.4. The van der Waals surface area contributed by atoms with Crippen LogP contribution in [0.25, 0.3) is 67.0 Å². The Morgan fingerprint density at radius 3 is 2.27 bits per heavy atom. The van der Waals surface area contributed by atoms with E-state index >= 15 is 0 Å². The second-order valence-corrected chi connectivity index (χ2v) is 24.7. The average molecular weight is 908 g/mol. The molecule has 0 unspecified atom stereocenters. The largest absolute Gasteiger partial charge is 0.486 e. The zero-order valence-corrected chi connectivity index (χ0v) is 34.5. The fourth-order valence-electron chi connectivity index (χ4n) is 6.63. The van der Waals surface area contributed by atoms with E-state index in [0.717, 1.165) is 74.3 Å². The molecule has 0 aliphatic rings. The molecule has 259 valence electrons. The van der Waals surface area contributed by atoms with Gasteiger partial charge in [-0.3, -0.25) is 4.98 Å². The van der Waals surface area contributed by atoms with Crippen LogP contribution in [0.15, 0.2) is 120 Å². The van der Waals surface area contributed by atoms with E-state index in [-0.39, 0.29) is 20.1 Å². The smallest absolute Gasteiger partial charge is 0.216 e. The molecular weight excluding hydrogens is 865 g/mol. The quantitative estimate of drug-likeness (QED) is 0.118. The number of nitrogens with zero attached hydrogens (tertiary/aromatic N) is 4. The van der Waals surface area contributed by atoms with Crippen LogP contribution >= 0.6 is 0 Å². The molecule has 0 aliphatic carbocycles. The molecule has 0 saturated carbocycles. The minimum atomic E-state index is -1.86. The molecule has 0 spiro atoms. The predicted molar refractivity (Wildman–Crippen MR) is 210 cm³/mol. The maximum atomic E-state index is 6.30. The molecule has 0 fully saturated rings. The third-order valence-corrected chi connectivity index (χ3v) is 13.3. The predicted octanol–water partition coefficient (Wildman–Crippen LogP) is 10.8. The average Bonchev–Trinajstić information content (AvgIpc) is 3.70. The van der Waals surface area contributed by atoms with Crippen molar-refractivity contribution in [2.45, 2.75) is 51.0 Å². The first-order valence-electron chi connectivity index (χ1n) is 17.4. The molecule has 0 amide bonds. The van der Waals surface area contributed by atoms with Crippen molar-refractivity contribution in [3.05, 3.63) is 133 Å². The van der Waals surface area contributed by atoms with Crippen molar-refractivity contribution in [1.82, 2.24) is 19.5 Å². The van der Waals surface area contributed by atoms with Crippen LogP contribution in [0.4, 0.5) is 0 Å². The van der Waals surface area contributed by atoms with Crippen molar-refractivity contribution < 1.29 is 24.5 Å². The maximum Gasteiger partial charge on any atom is 0.216 e. The number of para-hydroxylation sites is 2. The van der Waals surface area contributed by atoms with Crippen molar-refractivity contribution in [2.24, 2.45) is 5.92 Å². The van der Waals surface area contributed by atoms with E-state index in [9.17, 15) is 0 Å². The van der Waals surface area contributed by atoms with Gasteiger partial charge in [-0.15, -0.1) is 18.2 Å². The summed E-state index contributed by atoms with van der Waals surface area (Å²) in [4.78, 5) is 14.4. The van der Waals surface area contributed by atoms with Gasteiger partial charge >= 0.3 is 126 Å². The summed E-state index contributed by atoms with van der Waals surface area (Å²) < 4.78 is 10.0. The molecule has 1 radical (unpaired) electrons. The number of pyridine rings is 2. The van der Waals surface area contributed by atoms with E-state index in [1.165, 1.54) is 5.56 Å². The number of aryl methyl sites for hydroxylation is 1. The van der Waals surface area contributed by atoms with E-state index in [1.54, 1.807) is 4.40 Å². The minimum absolute atomic E-state index is 0. The molecule has 0 atom stereocenters. The first-order valence-corrected chi connectivity index (χ1v) is 24.8. The Balaban J connectivity index is 0.000000188. The third-order valence-electron chi connectivity index (χ3n) is 8.97. The van der Waals surface area contributed by atoms with Gasteiger partial charge in [-0.1, -0.05) is 53.4 Å². The van der Waals surface area contributed by atoms with Gasteiger partial charge in [0.2, 0.25) is 5.71 Å². The number of hydrogen-bond donors (Lipinski definition) is 0. The zero-order valence-electron chi connectivity index (χ0n) is 30.0. The molecule has 0 bridgehead atoms. The molecule has 7 heteroatoms. The van der Waals surface area contributed by atoms with Crippen molar-refractivity contribution >= 4 is 50.8 Å². The van der Waals surface area contributed by atoms with Gasteiger partial charge in [0.05, 0.1) is 28.1 Å². The number of furan rings is 1. The Morgan fingerprint density at radius 1 is 0.784 bits per heavy atom. The summed E-state index contributed by atoms with van der Waals surface area (Å²) in [7, 11) is 0. The molecule has 4 aromatic heterocycles. The summed E-state index contributed by atoms with van der Waals surface area (Å²) in [6.45, 7) is 7.52. The summed E-state index contributed by atoms with van der Waals surface area (Å²) in [6, 6.07) is 43.5. The molecule has 4 aromatic carbocycles. The second-order valence-electron chi connectivity index (χ2n) is 14.1. The van der Waals surface area contributed by atoms with E-state index in [0.29, 0.717) is 11.6 Å². The fourth-order valence-corrected chi connectivity index (χ4v) is 9.96. The Hall–Kier alpha value is -4.36. The van der Waals surface area contributed by atoms with Gasteiger partial charge in [-0.05, 0) is 31.2 Å². The van der Waals surface area contributed by atoms with Crippen LogP contribution in [-0.4, -0.2) is 32.8 Å². The summed E-state index contributed by atoms with van der Waals surface area (Å²) >= 11 is -1.86. The topological polar surface area (TPSA) is 56.7 Å². The second kappa shape index (κ2) is 15.5. The van der Waals surface area contributed by atoms with Crippen molar-refractivity contribution in [3.63, 3.8) is 0 Å². The van der Waals surface area contributed by atoms with E-state index in [4.69, 9.17) is 19.4 Å². The normalized spacial score (nSPS) is 11.5. The number of fused-ring (bicyclic) bond motifs is 4. The Bertz CT molecular complexity index is 2410. The van der Waals surface area contributed by atoms with Crippen LogP contribution in [-0.2, 0) is 33.1 Å². The SMILES string of the molecule is CC(C)Cc1cc(-c2[c-]cccc2)nc[c]1[Ge]([CH3])([CH3])[CH3].CCn1c(-c2[c-]ccc3c2oc2nc(-c4ccccc4)ccc23)nc2ccccc21.[Ir]. The summed E-state index contributed by atoms with van der Waals surface area (Å²) in [6.07, 6.45) is 3.27. The van der Waals surface area contributed by atoms with Crippen LogP contribution in [0.2, 0.25) is 17.3 Å². The van der Waals surface area contributed by atoms with Crippen LogP contribution in [0.1, 0.15) is 26.3 Å². The molecule has 8 aromatic rings. The molecule has 0 saturated heterocycles. The van der Waals surface area contributed by atoms with Gasteiger partial charge in [0, 0.05) is 37.6 Å². The van der Waals surface area contributed by atoms with Crippen molar-refractivity contribution in [3.8, 4) is 33.9 Å². The van der Waals surface area contributed by atoms with Crippen molar-refractivity contribution in [2.75, 3.05) is 0 Å². The van der Waals surface area contributed by atoms with Gasteiger partial charge in [0.25, 0.3) is 0 Å². The number of rotatable bonds is 7. The fraction of sp³-hybridized carbons (Fsp3) is 0.205. The van der Waals surface area contributed by atoms with Crippen molar-refractivity contribution in [1.29, 1.82) is 0 Å². The Morgan fingerprint density at radius 2 is 1.55 bits per heavy atom. The number of hydrogen-bond acceptors (Lipinski definition) is 4.